The van der Waals surface area contributed by atoms with Crippen LogP contribution in [0.5, 0.6) is 5.75 Å². The van der Waals surface area contributed by atoms with Crippen molar-refractivity contribution in [3.05, 3.63) is 72.3 Å². The van der Waals surface area contributed by atoms with Crippen LogP contribution in [-0.2, 0) is 0 Å². The van der Waals surface area contributed by atoms with E-state index in [1.165, 1.54) is 13.3 Å². The van der Waals surface area contributed by atoms with E-state index in [0.29, 0.717) is 11.3 Å². The molecule has 0 spiro atoms. The van der Waals surface area contributed by atoms with E-state index in [-0.39, 0.29) is 11.5 Å². The zero-order valence-electron chi connectivity index (χ0n) is 11.4. The summed E-state index contributed by atoms with van der Waals surface area (Å²) >= 11 is 0. The first kappa shape index (κ1) is 13.1. The Morgan fingerprint density at radius 3 is 2.71 bits per heavy atom. The number of pyridine rings is 1. The molecule has 0 aliphatic carbocycles. The van der Waals surface area contributed by atoms with Crippen molar-refractivity contribution in [2.45, 2.75) is 0 Å². The van der Waals surface area contributed by atoms with Gasteiger partial charge in [0.15, 0.2) is 5.69 Å². The zero-order valence-corrected chi connectivity index (χ0v) is 11.4. The SMILES string of the molecule is COc1cccnc1C(=O)c1cnn(-c2ccccc2)c1. The van der Waals surface area contributed by atoms with Gasteiger partial charge >= 0.3 is 0 Å². The molecular formula is C16H13N3O2. The summed E-state index contributed by atoms with van der Waals surface area (Å²) in [4.78, 5) is 16.6. The number of methoxy groups -OCH3 is 1. The van der Waals surface area contributed by atoms with Gasteiger partial charge in [-0.3, -0.25) is 4.79 Å². The van der Waals surface area contributed by atoms with Gasteiger partial charge in [0.25, 0.3) is 0 Å². The molecule has 0 unspecified atom stereocenters. The quantitative estimate of drug-likeness (QED) is 0.688. The number of carbonyl (C=O) groups excluding carboxylic acids is 1. The van der Waals surface area contributed by atoms with Crippen molar-refractivity contribution in [2.75, 3.05) is 7.11 Å². The summed E-state index contributed by atoms with van der Waals surface area (Å²) in [6.45, 7) is 0. The molecular weight excluding hydrogens is 266 g/mol. The normalized spacial score (nSPS) is 10.3. The highest BCUT2D eigenvalue weighted by molar-refractivity contribution is 6.09. The number of hydrogen-bond donors (Lipinski definition) is 0. The zero-order chi connectivity index (χ0) is 14.7. The molecule has 3 aromatic rings. The van der Waals surface area contributed by atoms with Crippen molar-refractivity contribution < 1.29 is 9.53 Å². The minimum atomic E-state index is -0.213. The highest BCUT2D eigenvalue weighted by Gasteiger charge is 2.17. The van der Waals surface area contributed by atoms with Gasteiger partial charge in [0.05, 0.1) is 24.6 Å². The van der Waals surface area contributed by atoms with Crippen LogP contribution in [-0.4, -0.2) is 27.7 Å². The number of rotatable bonds is 4. The fraction of sp³-hybridized carbons (Fsp3) is 0.0625. The first-order valence-corrected chi connectivity index (χ1v) is 6.43. The topological polar surface area (TPSA) is 57.0 Å². The number of aromatic nitrogens is 3. The maximum Gasteiger partial charge on any atom is 0.218 e. The lowest BCUT2D eigenvalue weighted by Crippen LogP contribution is -2.05. The molecule has 0 aliphatic rings. The summed E-state index contributed by atoms with van der Waals surface area (Å²) in [5.41, 5.74) is 1.65. The second-order valence-corrected chi connectivity index (χ2v) is 4.39. The number of para-hydroxylation sites is 1. The molecule has 0 bridgehead atoms. The Balaban J connectivity index is 1.95. The summed E-state index contributed by atoms with van der Waals surface area (Å²) < 4.78 is 6.82. The Morgan fingerprint density at radius 2 is 1.95 bits per heavy atom. The average Bonchev–Trinajstić information content (AvgIpc) is 3.05. The van der Waals surface area contributed by atoms with E-state index in [9.17, 15) is 4.79 Å². The molecule has 3 rings (SSSR count). The van der Waals surface area contributed by atoms with Crippen LogP contribution in [0.1, 0.15) is 16.1 Å². The summed E-state index contributed by atoms with van der Waals surface area (Å²) in [5.74, 6) is 0.240. The van der Waals surface area contributed by atoms with Gasteiger partial charge in [-0.1, -0.05) is 18.2 Å². The van der Waals surface area contributed by atoms with Crippen molar-refractivity contribution in [1.29, 1.82) is 0 Å². The number of nitrogens with zero attached hydrogens (tertiary/aromatic N) is 3. The summed E-state index contributed by atoms with van der Waals surface area (Å²) in [5, 5.41) is 4.22. The van der Waals surface area contributed by atoms with Crippen LogP contribution >= 0.6 is 0 Å². The maximum absolute atomic E-state index is 12.5. The molecule has 0 fully saturated rings. The molecule has 0 saturated carbocycles. The van der Waals surface area contributed by atoms with E-state index in [1.807, 2.05) is 30.3 Å². The summed E-state index contributed by atoms with van der Waals surface area (Å²) in [6, 6.07) is 13.0. The predicted molar refractivity (Wildman–Crippen MR) is 77.8 cm³/mol. The Hall–Kier alpha value is -2.95. The standard InChI is InChI=1S/C16H13N3O2/c1-21-14-8-5-9-17-15(14)16(20)12-10-18-19(11-12)13-6-3-2-4-7-13/h2-11H,1H3. The van der Waals surface area contributed by atoms with Gasteiger partial charge < -0.3 is 4.74 Å². The fourth-order valence-corrected chi connectivity index (χ4v) is 2.02. The maximum atomic E-state index is 12.5. The van der Waals surface area contributed by atoms with Crippen LogP contribution in [0.4, 0.5) is 0 Å². The number of benzene rings is 1. The van der Waals surface area contributed by atoms with Crippen molar-refractivity contribution in [1.82, 2.24) is 14.8 Å². The number of ether oxygens (including phenoxy) is 1. The lowest BCUT2D eigenvalue weighted by molar-refractivity contribution is 0.103. The molecule has 2 heterocycles. The third-order valence-corrected chi connectivity index (χ3v) is 3.07. The molecule has 0 saturated heterocycles. The molecule has 5 heteroatoms. The van der Waals surface area contributed by atoms with Gasteiger partial charge in [-0.15, -0.1) is 0 Å². The van der Waals surface area contributed by atoms with E-state index < -0.39 is 0 Å². The number of hydrogen-bond acceptors (Lipinski definition) is 4. The molecule has 21 heavy (non-hydrogen) atoms. The lowest BCUT2D eigenvalue weighted by atomic mass is 10.1. The Morgan fingerprint density at radius 1 is 1.14 bits per heavy atom. The molecule has 104 valence electrons. The third-order valence-electron chi connectivity index (χ3n) is 3.07. The van der Waals surface area contributed by atoms with Crippen LogP contribution in [0, 0.1) is 0 Å². The van der Waals surface area contributed by atoms with Gasteiger partial charge in [-0.25, -0.2) is 9.67 Å². The molecule has 1 aromatic carbocycles. The van der Waals surface area contributed by atoms with Crippen LogP contribution in [0.2, 0.25) is 0 Å². The van der Waals surface area contributed by atoms with Crippen LogP contribution in [0.3, 0.4) is 0 Å². The van der Waals surface area contributed by atoms with Crippen molar-refractivity contribution in [2.24, 2.45) is 0 Å². The molecule has 0 radical (unpaired) electrons. The Labute approximate surface area is 121 Å². The first-order valence-electron chi connectivity index (χ1n) is 6.43. The highest BCUT2D eigenvalue weighted by atomic mass is 16.5. The molecule has 5 nitrogen and oxygen atoms in total. The van der Waals surface area contributed by atoms with E-state index in [1.54, 1.807) is 29.2 Å². The molecule has 0 atom stereocenters. The minimum Gasteiger partial charge on any atom is -0.494 e. The fourth-order valence-electron chi connectivity index (χ4n) is 2.02. The van der Waals surface area contributed by atoms with Crippen molar-refractivity contribution in [3.63, 3.8) is 0 Å². The smallest absolute Gasteiger partial charge is 0.218 e. The number of carbonyl (C=O) groups is 1. The average molecular weight is 279 g/mol. The summed E-state index contributed by atoms with van der Waals surface area (Å²) in [6.07, 6.45) is 4.78. The summed E-state index contributed by atoms with van der Waals surface area (Å²) in [7, 11) is 1.52. The third kappa shape index (κ3) is 2.53. The highest BCUT2D eigenvalue weighted by Crippen LogP contribution is 2.19. The second kappa shape index (κ2) is 5.58. The van der Waals surface area contributed by atoms with Crippen LogP contribution < -0.4 is 4.74 Å². The minimum absolute atomic E-state index is 0.213. The van der Waals surface area contributed by atoms with E-state index in [4.69, 9.17) is 4.74 Å². The predicted octanol–water partition coefficient (Wildman–Crippen LogP) is 2.51. The van der Waals surface area contributed by atoms with Gasteiger partial charge in [0.1, 0.15) is 5.75 Å². The van der Waals surface area contributed by atoms with E-state index in [0.717, 1.165) is 5.69 Å². The molecule has 0 N–H and O–H groups in total. The molecule has 0 aliphatic heterocycles. The monoisotopic (exact) mass is 279 g/mol. The van der Waals surface area contributed by atoms with Gasteiger partial charge in [0, 0.05) is 12.4 Å². The Kier molecular flexibility index (Phi) is 3.47. The first-order chi connectivity index (χ1) is 10.3. The lowest BCUT2D eigenvalue weighted by Gasteiger charge is -2.04. The van der Waals surface area contributed by atoms with Gasteiger partial charge in [0.2, 0.25) is 5.78 Å². The molecule has 2 aromatic heterocycles. The van der Waals surface area contributed by atoms with Crippen LogP contribution in [0.25, 0.3) is 5.69 Å². The second-order valence-electron chi connectivity index (χ2n) is 4.39. The van der Waals surface area contributed by atoms with Crippen LogP contribution in [0.15, 0.2) is 61.1 Å². The molecule has 0 amide bonds. The van der Waals surface area contributed by atoms with Crippen molar-refractivity contribution >= 4 is 5.78 Å². The largest absolute Gasteiger partial charge is 0.494 e. The van der Waals surface area contributed by atoms with Gasteiger partial charge in [-0.2, -0.15) is 5.10 Å². The van der Waals surface area contributed by atoms with E-state index >= 15 is 0 Å². The Bertz CT molecular complexity index is 766. The van der Waals surface area contributed by atoms with Crippen molar-refractivity contribution in [3.8, 4) is 11.4 Å². The van der Waals surface area contributed by atoms with Gasteiger partial charge in [-0.05, 0) is 24.3 Å². The number of ketones is 1. The van der Waals surface area contributed by atoms with E-state index in [2.05, 4.69) is 10.1 Å².